The first kappa shape index (κ1) is 39.9. The van der Waals surface area contributed by atoms with Gasteiger partial charge >= 0.3 is 0 Å². The van der Waals surface area contributed by atoms with Crippen LogP contribution in [0.2, 0.25) is 0 Å². The van der Waals surface area contributed by atoms with Crippen LogP contribution in [-0.4, -0.2) is 94.3 Å². The minimum Gasteiger partial charge on any atom is -0.492 e. The molecular formula is C40H58N8O2. The Morgan fingerprint density at radius 3 is 1.28 bits per heavy atom. The molecule has 2 aromatic heterocycles. The molecule has 0 aliphatic rings. The Morgan fingerprint density at radius 1 is 0.560 bits per heavy atom. The molecule has 0 amide bonds. The summed E-state index contributed by atoms with van der Waals surface area (Å²) in [6.07, 6.45) is 5.74. The molecule has 2 heterocycles. The second-order valence-electron chi connectivity index (χ2n) is 12.3. The van der Waals surface area contributed by atoms with E-state index < -0.39 is 0 Å². The van der Waals surface area contributed by atoms with Gasteiger partial charge < -0.3 is 19.3 Å². The summed E-state index contributed by atoms with van der Waals surface area (Å²) in [5.41, 5.74) is 8.53. The van der Waals surface area contributed by atoms with Crippen molar-refractivity contribution in [2.45, 2.75) is 67.5 Å². The van der Waals surface area contributed by atoms with E-state index in [-0.39, 0.29) is 0 Å². The van der Waals surface area contributed by atoms with Crippen molar-refractivity contribution in [3.63, 3.8) is 0 Å². The fraction of sp³-hybridized carbons (Fsp3) is 0.450. The molecule has 0 radical (unpaired) electrons. The van der Waals surface area contributed by atoms with Gasteiger partial charge in [0.25, 0.3) is 0 Å². The summed E-state index contributed by atoms with van der Waals surface area (Å²) in [6, 6.07) is 21.0. The number of aromatic nitrogens is 6. The smallest absolute Gasteiger partial charge is 0.122 e. The standard InChI is InChI=1S/C36H46N8O2.2C2H6/c1-27-23-29(7-13-35(27)45-21-19-41(3)4)15-17-43-25-33(37-39-43)31-9-11-32(12-10-31)34-26-44(40-38-34)18-16-30-8-14-36(28(2)24-30)46-22-20-42(5)6;2*1-2/h7-14,23-26H,15-22H2,1-6H3;2*1-2H3. The Balaban J connectivity index is 0.00000163. The Labute approximate surface area is 300 Å². The molecule has 0 N–H and O–H groups in total. The highest BCUT2D eigenvalue weighted by Gasteiger charge is 2.09. The largest absolute Gasteiger partial charge is 0.492 e. The summed E-state index contributed by atoms with van der Waals surface area (Å²) in [5, 5.41) is 17.6. The number of aryl methyl sites for hydroxylation is 6. The van der Waals surface area contributed by atoms with Gasteiger partial charge in [0.1, 0.15) is 36.1 Å². The lowest BCUT2D eigenvalue weighted by Crippen LogP contribution is -2.19. The highest BCUT2D eigenvalue weighted by Crippen LogP contribution is 2.24. The number of rotatable bonds is 16. The molecule has 10 heteroatoms. The van der Waals surface area contributed by atoms with E-state index in [9.17, 15) is 0 Å². The highest BCUT2D eigenvalue weighted by molar-refractivity contribution is 5.65. The third kappa shape index (κ3) is 12.4. The first-order valence-electron chi connectivity index (χ1n) is 17.9. The first-order valence-corrected chi connectivity index (χ1v) is 17.9. The van der Waals surface area contributed by atoms with Gasteiger partial charge in [-0.2, -0.15) is 0 Å². The van der Waals surface area contributed by atoms with E-state index in [1.165, 1.54) is 11.1 Å². The summed E-state index contributed by atoms with van der Waals surface area (Å²) < 4.78 is 15.6. The average molecular weight is 683 g/mol. The zero-order valence-corrected chi connectivity index (χ0v) is 32.0. The number of likely N-dealkylation sites (N-methyl/N-ethyl adjacent to an activating group) is 2. The molecule has 3 aromatic carbocycles. The molecule has 270 valence electrons. The maximum absolute atomic E-state index is 5.92. The first-order chi connectivity index (χ1) is 24.2. The van der Waals surface area contributed by atoms with Crippen molar-refractivity contribution >= 4 is 0 Å². The Bertz CT molecular complexity index is 1570. The van der Waals surface area contributed by atoms with Crippen LogP contribution in [0.25, 0.3) is 22.5 Å². The Hall–Kier alpha value is -4.54. The third-order valence-corrected chi connectivity index (χ3v) is 7.88. The zero-order chi connectivity index (χ0) is 36.5. The molecule has 5 rings (SSSR count). The van der Waals surface area contributed by atoms with Crippen LogP contribution < -0.4 is 9.47 Å². The van der Waals surface area contributed by atoms with Crippen LogP contribution in [0.5, 0.6) is 11.5 Å². The molecule has 0 unspecified atom stereocenters. The summed E-state index contributed by atoms with van der Waals surface area (Å²) in [7, 11) is 8.19. The fourth-order valence-corrected chi connectivity index (χ4v) is 5.11. The normalized spacial score (nSPS) is 10.8. The van der Waals surface area contributed by atoms with Crippen molar-refractivity contribution in [1.82, 2.24) is 39.8 Å². The molecule has 50 heavy (non-hydrogen) atoms. The van der Waals surface area contributed by atoms with E-state index >= 15 is 0 Å². The van der Waals surface area contributed by atoms with Gasteiger partial charge in [-0.3, -0.25) is 9.36 Å². The maximum atomic E-state index is 5.92. The van der Waals surface area contributed by atoms with Gasteiger partial charge in [0.15, 0.2) is 0 Å². The lowest BCUT2D eigenvalue weighted by atomic mass is 10.1. The molecule has 0 spiro atoms. The molecule has 0 aliphatic heterocycles. The summed E-state index contributed by atoms with van der Waals surface area (Å²) >= 11 is 0. The van der Waals surface area contributed by atoms with Crippen molar-refractivity contribution in [2.24, 2.45) is 0 Å². The summed E-state index contributed by atoms with van der Waals surface area (Å²) in [4.78, 5) is 4.23. The van der Waals surface area contributed by atoms with Crippen molar-refractivity contribution in [3.8, 4) is 34.0 Å². The minimum atomic E-state index is 0.681. The number of nitrogens with zero attached hydrogens (tertiary/aromatic N) is 8. The molecule has 0 saturated carbocycles. The van der Waals surface area contributed by atoms with Gasteiger partial charge in [-0.15, -0.1) is 10.2 Å². The van der Waals surface area contributed by atoms with Gasteiger partial charge in [0.05, 0.1) is 12.4 Å². The summed E-state index contributed by atoms with van der Waals surface area (Å²) in [5.74, 6) is 1.89. The summed E-state index contributed by atoms with van der Waals surface area (Å²) in [6.45, 7) is 16.8. The second kappa shape index (κ2) is 20.9. The van der Waals surface area contributed by atoms with Crippen LogP contribution in [-0.2, 0) is 25.9 Å². The lowest BCUT2D eigenvalue weighted by molar-refractivity contribution is 0.260. The van der Waals surface area contributed by atoms with Crippen LogP contribution in [0.1, 0.15) is 49.9 Å². The van der Waals surface area contributed by atoms with E-state index in [0.29, 0.717) is 13.2 Å². The third-order valence-electron chi connectivity index (χ3n) is 7.88. The second-order valence-corrected chi connectivity index (χ2v) is 12.3. The molecule has 0 saturated heterocycles. The number of hydrogen-bond donors (Lipinski definition) is 0. The SMILES string of the molecule is CC.CC.Cc1cc(CCn2cc(-c3ccc(-c4cn(CCc5ccc(OCCN(C)C)c(C)c5)nn4)cc3)nn2)ccc1OCCN(C)C. The Kier molecular flexibility index (Phi) is 16.6. The van der Waals surface area contributed by atoms with Crippen molar-refractivity contribution in [3.05, 3.63) is 95.3 Å². The van der Waals surface area contributed by atoms with Crippen molar-refractivity contribution in [2.75, 3.05) is 54.5 Å². The predicted octanol–water partition coefficient (Wildman–Crippen LogP) is 7.24. The van der Waals surface area contributed by atoms with Crippen LogP contribution in [0.3, 0.4) is 0 Å². The fourth-order valence-electron chi connectivity index (χ4n) is 5.11. The van der Waals surface area contributed by atoms with E-state index in [1.54, 1.807) is 0 Å². The molecular weight excluding hydrogens is 624 g/mol. The van der Waals surface area contributed by atoms with E-state index in [1.807, 2.05) is 77.6 Å². The monoisotopic (exact) mass is 682 g/mol. The van der Waals surface area contributed by atoms with Crippen molar-refractivity contribution in [1.29, 1.82) is 0 Å². The average Bonchev–Trinajstić information content (AvgIpc) is 3.80. The van der Waals surface area contributed by atoms with E-state index in [2.05, 4.69) is 105 Å². The van der Waals surface area contributed by atoms with Crippen LogP contribution >= 0.6 is 0 Å². The predicted molar refractivity (Wildman–Crippen MR) is 205 cm³/mol. The molecule has 5 aromatic rings. The van der Waals surface area contributed by atoms with Gasteiger partial charge in [0.2, 0.25) is 0 Å². The van der Waals surface area contributed by atoms with Crippen molar-refractivity contribution < 1.29 is 9.47 Å². The molecule has 0 atom stereocenters. The van der Waals surface area contributed by atoms with Gasteiger partial charge in [-0.25, -0.2) is 0 Å². The number of ether oxygens (including phenoxy) is 2. The van der Waals surface area contributed by atoms with E-state index in [0.717, 1.165) is 84.2 Å². The van der Waals surface area contributed by atoms with E-state index in [4.69, 9.17) is 9.47 Å². The number of benzene rings is 3. The maximum Gasteiger partial charge on any atom is 0.122 e. The lowest BCUT2D eigenvalue weighted by Gasteiger charge is -2.13. The Morgan fingerprint density at radius 2 is 0.940 bits per heavy atom. The van der Waals surface area contributed by atoms with Crippen LogP contribution in [0.15, 0.2) is 73.1 Å². The van der Waals surface area contributed by atoms with Gasteiger partial charge in [0, 0.05) is 37.3 Å². The van der Waals surface area contributed by atoms with Crippen LogP contribution in [0.4, 0.5) is 0 Å². The molecule has 0 aliphatic carbocycles. The minimum absolute atomic E-state index is 0.681. The molecule has 0 bridgehead atoms. The zero-order valence-electron chi connectivity index (χ0n) is 32.0. The topological polar surface area (TPSA) is 86.4 Å². The van der Waals surface area contributed by atoms with Gasteiger partial charge in [-0.05, 0) is 89.3 Å². The van der Waals surface area contributed by atoms with Crippen LogP contribution in [0, 0.1) is 13.8 Å². The quantitative estimate of drug-likeness (QED) is 0.108. The highest BCUT2D eigenvalue weighted by atomic mass is 16.5. The number of hydrogen-bond acceptors (Lipinski definition) is 8. The molecule has 0 fully saturated rings. The van der Waals surface area contributed by atoms with Gasteiger partial charge in [-0.1, -0.05) is 86.7 Å². The molecule has 10 nitrogen and oxygen atoms in total.